The molecule has 10 nitrogen and oxygen atoms in total. The van der Waals surface area contributed by atoms with Crippen LogP contribution in [0.15, 0.2) is 0 Å². The quantitative estimate of drug-likeness (QED) is 0.188. The molecule has 0 aliphatic heterocycles. The van der Waals surface area contributed by atoms with Gasteiger partial charge in [0, 0.05) is 0 Å². The first-order valence-electron chi connectivity index (χ1n) is 4.52. The molecule has 1 atom stereocenters. The minimum absolute atomic E-state index is 0.754. The van der Waals surface area contributed by atoms with Crippen LogP contribution in [0.1, 0.15) is 6.92 Å². The molecule has 104 valence electrons. The zero-order chi connectivity index (χ0) is 13.5. The fourth-order valence-electron chi connectivity index (χ4n) is 0.708. The first-order chi connectivity index (χ1) is 7.83. The first-order valence-corrected chi connectivity index (χ1v) is 6.16. The Labute approximate surface area is 100 Å². The fraction of sp³-hybridized carbons (Fsp3) is 1.00. The van der Waals surface area contributed by atoms with Crippen LogP contribution in [0.3, 0.4) is 0 Å². The Kier molecular flexibility index (Phi) is 7.22. The summed E-state index contributed by atoms with van der Waals surface area (Å²) in [6, 6.07) is -0.754. The molecule has 0 fully saturated rings. The van der Waals surface area contributed by atoms with Crippen molar-refractivity contribution in [2.45, 2.75) is 18.8 Å². The van der Waals surface area contributed by atoms with Crippen molar-refractivity contribution >= 4 is 9.05 Å². The maximum Gasteiger partial charge on any atom is 0.766 e. The molecule has 17 heavy (non-hydrogen) atoms. The Bertz CT molecular complexity index is 201. The van der Waals surface area contributed by atoms with E-state index in [0.717, 1.165) is 0 Å². The molecule has 0 aromatic heterocycles. The Morgan fingerprint density at radius 2 is 1.29 bits per heavy atom. The summed E-state index contributed by atoms with van der Waals surface area (Å²) >= 11 is 0. The van der Waals surface area contributed by atoms with Crippen LogP contribution in [0.25, 0.3) is 0 Å². The lowest BCUT2D eigenvalue weighted by Crippen LogP contribution is -2.69. The van der Waals surface area contributed by atoms with Crippen LogP contribution >= 0.6 is 0 Å². The Morgan fingerprint density at radius 3 is 1.53 bits per heavy atom. The van der Waals surface area contributed by atoms with Gasteiger partial charge >= 0.3 is 9.05 Å². The maximum absolute atomic E-state index is 5.60. The lowest BCUT2D eigenvalue weighted by molar-refractivity contribution is -0.378. The van der Waals surface area contributed by atoms with Gasteiger partial charge in [-0.3, -0.25) is 11.5 Å². The van der Waals surface area contributed by atoms with E-state index in [1.165, 1.54) is 28.3 Å². The lowest BCUT2D eigenvalue weighted by Gasteiger charge is -2.34. The summed E-state index contributed by atoms with van der Waals surface area (Å²) in [6.07, 6.45) is 0. The van der Waals surface area contributed by atoms with Crippen LogP contribution in [0, 0.1) is 0 Å². The van der Waals surface area contributed by atoms with Crippen molar-refractivity contribution in [3.05, 3.63) is 0 Å². The van der Waals surface area contributed by atoms with E-state index >= 15 is 0 Å². The number of hydrogen-bond donors (Lipinski definition) is 3. The molecule has 0 radical (unpaired) electrons. The Balaban J connectivity index is 4.87. The van der Waals surface area contributed by atoms with Gasteiger partial charge in [0.2, 0.25) is 0 Å². The van der Waals surface area contributed by atoms with Gasteiger partial charge < -0.3 is 10.2 Å². The van der Waals surface area contributed by atoms with Gasteiger partial charge in [-0.1, -0.05) is 0 Å². The summed E-state index contributed by atoms with van der Waals surface area (Å²) in [5.74, 6) is -1.79. The van der Waals surface area contributed by atoms with Crippen molar-refractivity contribution < 1.29 is 32.8 Å². The van der Waals surface area contributed by atoms with Crippen molar-refractivity contribution in [2.24, 2.45) is 17.2 Å². The fourth-order valence-corrected chi connectivity index (χ4v) is 2.13. The molecule has 0 bridgehead atoms. The predicted octanol–water partition coefficient (Wildman–Crippen LogP) is -1.91. The average molecular weight is 273 g/mol. The summed E-state index contributed by atoms with van der Waals surface area (Å²) in [6.45, 7) is 1.52. The molecule has 0 aromatic carbocycles. The van der Waals surface area contributed by atoms with E-state index in [-0.39, 0.29) is 0 Å². The minimum Gasteiger partial charge on any atom is -0.323 e. The second kappa shape index (κ2) is 7.30. The minimum atomic E-state index is -3.99. The predicted molar refractivity (Wildman–Crippen MR) is 55.9 cm³/mol. The highest BCUT2D eigenvalue weighted by molar-refractivity contribution is 6.52. The molecule has 0 spiro atoms. The van der Waals surface area contributed by atoms with Gasteiger partial charge in [0.25, 0.3) is 0 Å². The van der Waals surface area contributed by atoms with Crippen molar-refractivity contribution in [3.8, 4) is 0 Å². The molecule has 11 heteroatoms. The largest absolute Gasteiger partial charge is 0.766 e. The van der Waals surface area contributed by atoms with E-state index in [9.17, 15) is 0 Å². The summed E-state index contributed by atoms with van der Waals surface area (Å²) in [4.78, 5) is 13.2. The summed E-state index contributed by atoms with van der Waals surface area (Å²) in [5.41, 5.74) is 16.7. The first kappa shape index (κ1) is 16.8. The topological polar surface area (TPSA) is 143 Å². The molecule has 1 unspecified atom stereocenters. The molecule has 0 amide bonds. The second-order valence-electron chi connectivity index (χ2n) is 2.99. The summed E-state index contributed by atoms with van der Waals surface area (Å²) in [5, 5.41) is 0. The molecule has 6 N–H and O–H groups in total. The smallest absolute Gasteiger partial charge is 0.323 e. The molecule has 0 saturated carbocycles. The zero-order valence-electron chi connectivity index (χ0n) is 10.2. The van der Waals surface area contributed by atoms with Crippen molar-refractivity contribution in [1.29, 1.82) is 0 Å². The van der Waals surface area contributed by atoms with Gasteiger partial charge in [0.05, 0.1) is 27.4 Å². The molecular formula is C6H19N3O7Si. The van der Waals surface area contributed by atoms with Crippen LogP contribution in [-0.4, -0.2) is 42.3 Å². The molecule has 0 saturated heterocycles. The van der Waals surface area contributed by atoms with E-state index in [4.69, 9.17) is 35.4 Å². The van der Waals surface area contributed by atoms with Gasteiger partial charge in [0.15, 0.2) is 5.85 Å². The lowest BCUT2D eigenvalue weighted by atomic mass is 10.2. The van der Waals surface area contributed by atoms with Gasteiger partial charge in [-0.05, 0) is 6.92 Å². The van der Waals surface area contributed by atoms with E-state index < -0.39 is 20.9 Å². The van der Waals surface area contributed by atoms with Gasteiger partial charge in [-0.15, -0.1) is 0 Å². The second-order valence-corrected chi connectivity index (χ2v) is 4.70. The highest BCUT2D eigenvalue weighted by atomic mass is 28.4. The Hall–Kier alpha value is -0.183. The van der Waals surface area contributed by atoms with Gasteiger partial charge in [-0.2, -0.15) is 13.7 Å². The van der Waals surface area contributed by atoms with Crippen LogP contribution in [-0.2, 0) is 32.8 Å². The molecule has 0 aromatic rings. The van der Waals surface area contributed by atoms with Crippen LogP contribution in [0.5, 0.6) is 0 Å². The number of hydrogen-bond acceptors (Lipinski definition) is 10. The molecule has 0 rings (SSSR count). The number of nitrogens with two attached hydrogens (primary N) is 3. The normalized spacial score (nSPS) is 15.0. The zero-order valence-corrected chi connectivity index (χ0v) is 11.2. The average Bonchev–Trinajstić information content (AvgIpc) is 2.17. The van der Waals surface area contributed by atoms with Crippen molar-refractivity contribution in [1.82, 2.24) is 0 Å². The van der Waals surface area contributed by atoms with Gasteiger partial charge in [-0.25, -0.2) is 14.7 Å². The van der Waals surface area contributed by atoms with Crippen LogP contribution in [0.2, 0.25) is 0 Å². The number of rotatable bonds is 9. The molecule has 0 aliphatic rings. The molecule has 0 aliphatic carbocycles. The summed E-state index contributed by atoms with van der Waals surface area (Å²) < 4.78 is 19.2. The third-order valence-electron chi connectivity index (χ3n) is 1.57. The molecule has 0 heterocycles. The molecular weight excluding hydrogens is 254 g/mol. The SMILES string of the molecule is COO[Si](OOC)(OOC)OC(N)(N)C(C)N. The van der Waals surface area contributed by atoms with E-state index in [0.29, 0.717) is 0 Å². The highest BCUT2D eigenvalue weighted by Crippen LogP contribution is 2.17. The van der Waals surface area contributed by atoms with E-state index in [2.05, 4.69) is 14.7 Å². The van der Waals surface area contributed by atoms with Gasteiger partial charge in [0.1, 0.15) is 0 Å². The third-order valence-corrected chi connectivity index (χ3v) is 3.29. The van der Waals surface area contributed by atoms with E-state index in [1.807, 2.05) is 0 Å². The highest BCUT2D eigenvalue weighted by Gasteiger charge is 2.56. The standard InChI is InChI=1S/C6H19N3O7Si/c1-5(7)6(8,9)13-17(14-10-2,15-11-3)16-12-4/h5H,7-9H2,1-4H3. The monoisotopic (exact) mass is 273 g/mol. The van der Waals surface area contributed by atoms with Crippen LogP contribution in [0.4, 0.5) is 0 Å². The summed E-state index contributed by atoms with van der Waals surface area (Å²) in [7, 11) is -0.396. The van der Waals surface area contributed by atoms with E-state index in [1.54, 1.807) is 0 Å². The third kappa shape index (κ3) is 5.32. The van der Waals surface area contributed by atoms with Crippen LogP contribution < -0.4 is 17.2 Å². The maximum atomic E-state index is 5.60. The Morgan fingerprint density at radius 1 is 0.941 bits per heavy atom. The van der Waals surface area contributed by atoms with Crippen molar-refractivity contribution in [2.75, 3.05) is 21.3 Å². The van der Waals surface area contributed by atoms with Crippen molar-refractivity contribution in [3.63, 3.8) is 0 Å².